The fourth-order valence-corrected chi connectivity index (χ4v) is 4.98. The molecule has 1 amide bonds. The van der Waals surface area contributed by atoms with Crippen molar-refractivity contribution in [3.8, 4) is 34.7 Å². The van der Waals surface area contributed by atoms with Crippen LogP contribution in [0.15, 0.2) is 41.1 Å². The first-order valence-electron chi connectivity index (χ1n) is 11.1. The minimum Gasteiger partial charge on any atom is -0.444 e. The molecule has 4 rings (SSSR count). The molecular weight excluding hydrogens is 561 g/mol. The normalized spacial score (nSPS) is 11.1. The summed E-state index contributed by atoms with van der Waals surface area (Å²) in [6, 6.07) is 6.32. The molecule has 190 valence electrons. The number of carbonyl (C=O) groups is 1. The number of benzene rings is 1. The van der Waals surface area contributed by atoms with Crippen LogP contribution in [0.5, 0.6) is 11.8 Å². The second-order valence-corrected chi connectivity index (χ2v) is 10.8. The topological polar surface area (TPSA) is 112 Å². The highest BCUT2D eigenvalue weighted by Gasteiger charge is 2.20. The van der Waals surface area contributed by atoms with Crippen LogP contribution in [-0.2, 0) is 4.74 Å². The molecule has 0 saturated heterocycles. The van der Waals surface area contributed by atoms with E-state index in [-0.39, 0.29) is 18.3 Å². The van der Waals surface area contributed by atoms with Gasteiger partial charge in [-0.15, -0.1) is 11.3 Å². The van der Waals surface area contributed by atoms with E-state index in [1.807, 2.05) is 0 Å². The van der Waals surface area contributed by atoms with Crippen LogP contribution in [0.2, 0.25) is 0 Å². The molecule has 0 aliphatic rings. The first-order valence-corrected chi connectivity index (χ1v) is 12.7. The highest BCUT2D eigenvalue weighted by Crippen LogP contribution is 2.44. The minimum atomic E-state index is -0.613. The van der Waals surface area contributed by atoms with Crippen LogP contribution in [0.25, 0.3) is 21.2 Å². The average Bonchev–Trinajstić information content (AvgIpc) is 3.20. The summed E-state index contributed by atoms with van der Waals surface area (Å²) in [5.41, 5.74) is 7.49. The van der Waals surface area contributed by atoms with Crippen molar-refractivity contribution in [2.75, 3.05) is 12.3 Å². The Morgan fingerprint density at radius 2 is 2.05 bits per heavy atom. The Kier molecular flexibility index (Phi) is 7.61. The Morgan fingerprint density at radius 3 is 2.76 bits per heavy atom. The molecule has 0 bridgehead atoms. The maximum absolute atomic E-state index is 15.1. The second kappa shape index (κ2) is 10.7. The lowest BCUT2D eigenvalue weighted by Gasteiger charge is -2.18. The third-order valence-corrected chi connectivity index (χ3v) is 6.82. The standard InChI is InChI=1S/C26H23BrFN5O3S/c1-14-9-11-30-24(33-14)35-18-8-7-15(12-17(18)28)20-19(6-5-10-31-25(34)36-26(2,3)4)37-22-16(27)13-32-23(29)21(20)22/h7-9,11-13H,10H2,1-4H3,(H2,29,32)(H,31,34). The highest BCUT2D eigenvalue weighted by molar-refractivity contribution is 9.10. The molecule has 37 heavy (non-hydrogen) atoms. The molecule has 0 saturated carbocycles. The zero-order chi connectivity index (χ0) is 26.7. The number of nitrogens with zero attached hydrogens (tertiary/aromatic N) is 3. The second-order valence-electron chi connectivity index (χ2n) is 8.89. The van der Waals surface area contributed by atoms with E-state index in [2.05, 4.69) is 48.0 Å². The van der Waals surface area contributed by atoms with Gasteiger partial charge in [0.15, 0.2) is 11.6 Å². The number of ether oxygens (including phenoxy) is 2. The number of anilines is 1. The quantitative estimate of drug-likeness (QED) is 0.274. The number of aryl methyl sites for hydroxylation is 1. The van der Waals surface area contributed by atoms with Gasteiger partial charge in [-0.1, -0.05) is 17.9 Å². The fourth-order valence-electron chi connectivity index (χ4n) is 3.32. The van der Waals surface area contributed by atoms with Crippen molar-refractivity contribution in [3.63, 3.8) is 0 Å². The number of halogens is 2. The smallest absolute Gasteiger partial charge is 0.408 e. The molecule has 0 atom stereocenters. The van der Waals surface area contributed by atoms with Gasteiger partial charge in [-0.05, 0) is 67.4 Å². The number of aromatic nitrogens is 3. The van der Waals surface area contributed by atoms with E-state index in [0.717, 1.165) is 9.17 Å². The number of hydrogen-bond acceptors (Lipinski definition) is 8. The zero-order valence-corrected chi connectivity index (χ0v) is 22.9. The molecule has 0 aliphatic heterocycles. The molecule has 0 fully saturated rings. The number of amides is 1. The number of rotatable bonds is 4. The number of carbonyl (C=O) groups excluding carboxylic acids is 1. The molecular formula is C26H23BrFN5O3S. The maximum atomic E-state index is 15.1. The van der Waals surface area contributed by atoms with E-state index in [1.54, 1.807) is 46.0 Å². The first kappa shape index (κ1) is 26.3. The molecule has 3 aromatic heterocycles. The molecule has 0 spiro atoms. The number of nitrogens with one attached hydrogen (secondary N) is 1. The summed E-state index contributed by atoms with van der Waals surface area (Å²) >= 11 is 4.90. The van der Waals surface area contributed by atoms with Crippen molar-refractivity contribution in [2.24, 2.45) is 0 Å². The molecule has 0 radical (unpaired) electrons. The van der Waals surface area contributed by atoms with Crippen LogP contribution in [0, 0.1) is 24.6 Å². The number of hydrogen-bond donors (Lipinski definition) is 2. The molecule has 1 aromatic carbocycles. The Hall–Kier alpha value is -3.75. The molecule has 0 unspecified atom stereocenters. The van der Waals surface area contributed by atoms with Gasteiger partial charge in [0.1, 0.15) is 11.4 Å². The number of thiophene rings is 1. The van der Waals surface area contributed by atoms with E-state index in [1.165, 1.54) is 29.7 Å². The van der Waals surface area contributed by atoms with Gasteiger partial charge in [0.25, 0.3) is 0 Å². The lowest BCUT2D eigenvalue weighted by Crippen LogP contribution is -2.32. The number of fused-ring (bicyclic) bond motifs is 1. The molecule has 11 heteroatoms. The van der Waals surface area contributed by atoms with E-state index in [4.69, 9.17) is 15.2 Å². The summed E-state index contributed by atoms with van der Waals surface area (Å²) < 4.78 is 27.5. The van der Waals surface area contributed by atoms with Crippen molar-refractivity contribution in [1.29, 1.82) is 0 Å². The average molecular weight is 584 g/mol. The van der Waals surface area contributed by atoms with Crippen LogP contribution in [0.1, 0.15) is 31.3 Å². The molecule has 3 heterocycles. The van der Waals surface area contributed by atoms with Gasteiger partial charge in [-0.3, -0.25) is 0 Å². The lowest BCUT2D eigenvalue weighted by atomic mass is 10.0. The summed E-state index contributed by atoms with van der Waals surface area (Å²) in [6.07, 6.45) is 2.58. The lowest BCUT2D eigenvalue weighted by molar-refractivity contribution is 0.0535. The van der Waals surface area contributed by atoms with Crippen LogP contribution < -0.4 is 15.8 Å². The molecule has 0 aliphatic carbocycles. The van der Waals surface area contributed by atoms with Gasteiger partial charge >= 0.3 is 12.1 Å². The van der Waals surface area contributed by atoms with Gasteiger partial charge < -0.3 is 20.5 Å². The van der Waals surface area contributed by atoms with Crippen molar-refractivity contribution in [3.05, 3.63) is 57.5 Å². The van der Waals surface area contributed by atoms with E-state index in [0.29, 0.717) is 32.9 Å². The summed E-state index contributed by atoms with van der Waals surface area (Å²) in [4.78, 5) is 25.0. The minimum absolute atomic E-state index is 0.0182. The summed E-state index contributed by atoms with van der Waals surface area (Å²) in [7, 11) is 0. The summed E-state index contributed by atoms with van der Waals surface area (Å²) in [5, 5.41) is 3.26. The van der Waals surface area contributed by atoms with Gasteiger partial charge in [0, 0.05) is 29.0 Å². The number of nitrogens with two attached hydrogens (primary N) is 1. The van der Waals surface area contributed by atoms with Crippen molar-refractivity contribution < 1.29 is 18.7 Å². The third-order valence-electron chi connectivity index (χ3n) is 4.81. The molecule has 3 N–H and O–H groups in total. The van der Waals surface area contributed by atoms with Gasteiger partial charge in [-0.2, -0.15) is 0 Å². The Balaban J connectivity index is 1.69. The fraction of sp³-hybridized carbons (Fsp3) is 0.231. The largest absolute Gasteiger partial charge is 0.444 e. The van der Waals surface area contributed by atoms with Crippen LogP contribution in [-0.4, -0.2) is 33.2 Å². The first-order chi connectivity index (χ1) is 17.5. The number of alkyl carbamates (subject to hydrolysis) is 1. The third kappa shape index (κ3) is 6.34. The Labute approximate surface area is 225 Å². The van der Waals surface area contributed by atoms with E-state index in [9.17, 15) is 4.79 Å². The number of nitrogen functional groups attached to an aromatic ring is 1. The predicted octanol–water partition coefficient (Wildman–Crippen LogP) is 6.21. The monoisotopic (exact) mass is 583 g/mol. The Morgan fingerprint density at radius 1 is 1.27 bits per heavy atom. The highest BCUT2D eigenvalue weighted by atomic mass is 79.9. The molecule has 8 nitrogen and oxygen atoms in total. The van der Waals surface area contributed by atoms with Gasteiger partial charge in [0.2, 0.25) is 0 Å². The maximum Gasteiger partial charge on any atom is 0.408 e. The summed E-state index contributed by atoms with van der Waals surface area (Å²) in [5.74, 6) is 5.67. The van der Waals surface area contributed by atoms with E-state index >= 15 is 4.39 Å². The van der Waals surface area contributed by atoms with Gasteiger partial charge in [-0.25, -0.2) is 24.1 Å². The molecule has 4 aromatic rings. The van der Waals surface area contributed by atoms with Crippen LogP contribution in [0.3, 0.4) is 0 Å². The van der Waals surface area contributed by atoms with Crippen molar-refractivity contribution in [1.82, 2.24) is 20.3 Å². The predicted molar refractivity (Wildman–Crippen MR) is 145 cm³/mol. The Bertz CT molecular complexity index is 1560. The number of pyridine rings is 1. The van der Waals surface area contributed by atoms with Crippen LogP contribution in [0.4, 0.5) is 15.0 Å². The summed E-state index contributed by atoms with van der Waals surface area (Å²) in [6.45, 7) is 7.19. The van der Waals surface area contributed by atoms with Gasteiger partial charge in [0.05, 0.1) is 20.6 Å². The van der Waals surface area contributed by atoms with Crippen molar-refractivity contribution >= 4 is 49.3 Å². The van der Waals surface area contributed by atoms with Crippen molar-refractivity contribution in [2.45, 2.75) is 33.3 Å². The zero-order valence-electron chi connectivity index (χ0n) is 20.5. The van der Waals surface area contributed by atoms with E-state index < -0.39 is 17.5 Å². The van der Waals surface area contributed by atoms with Crippen LogP contribution >= 0.6 is 27.3 Å². The SMILES string of the molecule is Cc1ccnc(Oc2ccc(-c3c(C#CCNC(=O)OC(C)(C)C)sc4c(Br)cnc(N)c34)cc2F)n1.